The average Bonchev–Trinajstić information content (AvgIpc) is 3.13. The number of benzene rings is 2. The van der Waals surface area contributed by atoms with Crippen LogP contribution in [0.25, 0.3) is 16.7 Å². The molecule has 1 heteroatoms. The van der Waals surface area contributed by atoms with E-state index in [-0.39, 0.29) is 0 Å². The van der Waals surface area contributed by atoms with Crippen molar-refractivity contribution >= 4 is 11.3 Å². The molecule has 2 aliphatic carbocycles. The summed E-state index contributed by atoms with van der Waals surface area (Å²) in [5.41, 5.74) is 9.99. The van der Waals surface area contributed by atoms with Gasteiger partial charge in [-0.2, -0.15) is 0 Å². The fourth-order valence-corrected chi connectivity index (χ4v) is 3.55. The van der Waals surface area contributed by atoms with Crippen molar-refractivity contribution in [2.45, 2.75) is 12.8 Å². The first-order valence-corrected chi connectivity index (χ1v) is 7.53. The van der Waals surface area contributed by atoms with Gasteiger partial charge in [-0.1, -0.05) is 48.6 Å². The Morgan fingerprint density at radius 1 is 0.952 bits per heavy atom. The molecule has 0 heterocycles. The number of rotatable bonds is 2. The van der Waals surface area contributed by atoms with Gasteiger partial charge in [-0.25, -0.2) is 0 Å². The zero-order valence-electron chi connectivity index (χ0n) is 12.6. The Labute approximate surface area is 126 Å². The molecule has 2 aromatic carbocycles. The fourth-order valence-electron chi connectivity index (χ4n) is 3.55. The van der Waals surface area contributed by atoms with E-state index in [0.29, 0.717) is 0 Å². The van der Waals surface area contributed by atoms with Crippen molar-refractivity contribution in [1.82, 2.24) is 0 Å². The third kappa shape index (κ3) is 1.84. The summed E-state index contributed by atoms with van der Waals surface area (Å²) >= 11 is 0. The van der Waals surface area contributed by atoms with Gasteiger partial charge in [0.2, 0.25) is 0 Å². The van der Waals surface area contributed by atoms with Crippen LogP contribution in [0.4, 0.5) is 5.69 Å². The highest BCUT2D eigenvalue weighted by atomic mass is 15.1. The third-order valence-electron chi connectivity index (χ3n) is 4.54. The summed E-state index contributed by atoms with van der Waals surface area (Å²) in [5, 5.41) is 0. The van der Waals surface area contributed by atoms with Gasteiger partial charge in [0.1, 0.15) is 0 Å². The topological polar surface area (TPSA) is 3.24 Å². The van der Waals surface area contributed by atoms with Crippen LogP contribution in [0.5, 0.6) is 0 Å². The molecule has 0 aliphatic heterocycles. The number of fused-ring (bicyclic) bond motifs is 3. The molecule has 104 valence electrons. The molecule has 0 radical (unpaired) electrons. The first-order valence-electron chi connectivity index (χ1n) is 7.53. The van der Waals surface area contributed by atoms with E-state index in [1.165, 1.54) is 39.1 Å². The molecule has 2 aromatic rings. The Balaban J connectivity index is 1.97. The Kier molecular flexibility index (Phi) is 2.75. The van der Waals surface area contributed by atoms with Crippen molar-refractivity contribution in [2.24, 2.45) is 0 Å². The number of anilines is 1. The van der Waals surface area contributed by atoms with Crippen molar-refractivity contribution in [2.75, 3.05) is 19.0 Å². The first kappa shape index (κ1) is 12.5. The lowest BCUT2D eigenvalue weighted by molar-refractivity contribution is 1.13. The Morgan fingerprint density at radius 2 is 1.81 bits per heavy atom. The van der Waals surface area contributed by atoms with Crippen molar-refractivity contribution in [3.05, 3.63) is 71.3 Å². The summed E-state index contributed by atoms with van der Waals surface area (Å²) in [6.45, 7) is 0. The van der Waals surface area contributed by atoms with E-state index in [1.807, 2.05) is 0 Å². The SMILES string of the molecule is CN(C)c1ccc(C2=CC=CC2)c2c1-c1ccccc1C2. The van der Waals surface area contributed by atoms with E-state index in [4.69, 9.17) is 0 Å². The molecule has 0 atom stereocenters. The molecule has 1 nitrogen and oxygen atoms in total. The van der Waals surface area contributed by atoms with Crippen LogP contribution in [0, 0.1) is 0 Å². The summed E-state index contributed by atoms with van der Waals surface area (Å²) in [5.74, 6) is 0. The minimum atomic E-state index is 1.06. The predicted octanol–water partition coefficient (Wildman–Crippen LogP) is 4.67. The molecule has 2 aliphatic rings. The summed E-state index contributed by atoms with van der Waals surface area (Å²) < 4.78 is 0. The van der Waals surface area contributed by atoms with Crippen molar-refractivity contribution in [1.29, 1.82) is 0 Å². The van der Waals surface area contributed by atoms with Crippen LogP contribution in [0.3, 0.4) is 0 Å². The molecular weight excluding hydrogens is 254 g/mol. The van der Waals surface area contributed by atoms with Gasteiger partial charge in [-0.05, 0) is 46.7 Å². The van der Waals surface area contributed by atoms with Crippen molar-refractivity contribution in [3.8, 4) is 11.1 Å². The average molecular weight is 273 g/mol. The molecule has 0 N–H and O–H groups in total. The Bertz CT molecular complexity index is 778. The van der Waals surface area contributed by atoms with E-state index in [0.717, 1.165) is 12.8 Å². The standard InChI is InChI=1S/C20H19N/c1-21(2)19-12-11-16(14-7-3-4-8-14)18-13-15-9-5-6-10-17(15)20(18)19/h3-7,9-12H,8,13H2,1-2H3. The highest BCUT2D eigenvalue weighted by Gasteiger charge is 2.25. The number of hydrogen-bond donors (Lipinski definition) is 0. The van der Waals surface area contributed by atoms with Gasteiger partial charge in [0.25, 0.3) is 0 Å². The molecule has 0 fully saturated rings. The molecule has 0 spiro atoms. The minimum absolute atomic E-state index is 1.06. The van der Waals surface area contributed by atoms with Gasteiger partial charge < -0.3 is 4.90 Å². The maximum Gasteiger partial charge on any atom is 0.0444 e. The first-order chi connectivity index (χ1) is 10.3. The second-order valence-corrected chi connectivity index (χ2v) is 6.04. The van der Waals surface area contributed by atoms with Gasteiger partial charge >= 0.3 is 0 Å². The Hall–Kier alpha value is -2.28. The summed E-state index contributed by atoms with van der Waals surface area (Å²) in [6.07, 6.45) is 8.78. The summed E-state index contributed by atoms with van der Waals surface area (Å²) in [7, 11) is 4.26. The lowest BCUT2D eigenvalue weighted by Gasteiger charge is -2.20. The smallest absolute Gasteiger partial charge is 0.0444 e. The van der Waals surface area contributed by atoms with Crippen LogP contribution in [-0.2, 0) is 6.42 Å². The zero-order chi connectivity index (χ0) is 14.4. The monoisotopic (exact) mass is 273 g/mol. The van der Waals surface area contributed by atoms with Crippen LogP contribution in [-0.4, -0.2) is 14.1 Å². The maximum absolute atomic E-state index is 2.30. The largest absolute Gasteiger partial charge is 0.377 e. The fraction of sp³-hybridized carbons (Fsp3) is 0.200. The van der Waals surface area contributed by atoms with E-state index >= 15 is 0 Å². The molecule has 21 heavy (non-hydrogen) atoms. The van der Waals surface area contributed by atoms with Gasteiger partial charge in [0.15, 0.2) is 0 Å². The van der Waals surface area contributed by atoms with Crippen LogP contribution in [0.1, 0.15) is 23.1 Å². The number of hydrogen-bond acceptors (Lipinski definition) is 1. The molecule has 0 unspecified atom stereocenters. The van der Waals surface area contributed by atoms with Crippen molar-refractivity contribution in [3.63, 3.8) is 0 Å². The van der Waals surface area contributed by atoms with Crippen LogP contribution in [0.2, 0.25) is 0 Å². The van der Waals surface area contributed by atoms with Gasteiger partial charge in [0, 0.05) is 25.3 Å². The summed E-state index contributed by atoms with van der Waals surface area (Å²) in [4.78, 5) is 2.23. The van der Waals surface area contributed by atoms with Gasteiger partial charge in [-0.15, -0.1) is 0 Å². The third-order valence-corrected chi connectivity index (χ3v) is 4.54. The second kappa shape index (κ2) is 4.63. The van der Waals surface area contributed by atoms with Gasteiger partial charge in [-0.3, -0.25) is 0 Å². The lowest BCUT2D eigenvalue weighted by atomic mass is 9.93. The highest BCUT2D eigenvalue weighted by Crippen LogP contribution is 2.46. The Morgan fingerprint density at radius 3 is 2.57 bits per heavy atom. The molecular formula is C20H19N. The highest BCUT2D eigenvalue weighted by molar-refractivity contribution is 5.92. The number of nitrogens with zero attached hydrogens (tertiary/aromatic N) is 1. The van der Waals surface area contributed by atoms with E-state index in [2.05, 4.69) is 73.6 Å². The predicted molar refractivity (Wildman–Crippen MR) is 90.7 cm³/mol. The molecule has 0 saturated carbocycles. The number of allylic oxidation sites excluding steroid dienone is 4. The quantitative estimate of drug-likeness (QED) is 0.656. The van der Waals surface area contributed by atoms with E-state index in [9.17, 15) is 0 Å². The van der Waals surface area contributed by atoms with Crippen LogP contribution < -0.4 is 4.90 Å². The lowest BCUT2D eigenvalue weighted by Crippen LogP contribution is -2.10. The minimum Gasteiger partial charge on any atom is -0.377 e. The molecule has 0 saturated heterocycles. The summed E-state index contributed by atoms with van der Waals surface area (Å²) in [6, 6.07) is 13.4. The van der Waals surface area contributed by atoms with Crippen molar-refractivity contribution < 1.29 is 0 Å². The van der Waals surface area contributed by atoms with Crippen LogP contribution >= 0.6 is 0 Å². The molecule has 0 bridgehead atoms. The van der Waals surface area contributed by atoms with E-state index in [1.54, 1.807) is 0 Å². The molecule has 0 aromatic heterocycles. The molecule has 0 amide bonds. The maximum atomic E-state index is 2.30. The zero-order valence-corrected chi connectivity index (χ0v) is 12.6. The van der Waals surface area contributed by atoms with Crippen LogP contribution in [0.15, 0.2) is 54.6 Å². The molecule has 4 rings (SSSR count). The normalized spacial score (nSPS) is 14.9. The van der Waals surface area contributed by atoms with E-state index < -0.39 is 0 Å². The van der Waals surface area contributed by atoms with Gasteiger partial charge in [0.05, 0.1) is 0 Å². The second-order valence-electron chi connectivity index (χ2n) is 6.04.